The fourth-order valence-electron chi connectivity index (χ4n) is 2.53. The molecule has 1 saturated heterocycles. The Balaban J connectivity index is 1.99. The minimum atomic E-state index is -3.22. The van der Waals surface area contributed by atoms with Crippen LogP contribution in [0.5, 0.6) is 0 Å². The molecule has 1 amide bonds. The number of methoxy groups -OCH3 is 1. The molecule has 0 aromatic carbocycles. The van der Waals surface area contributed by atoms with Crippen LogP contribution in [0.3, 0.4) is 0 Å². The van der Waals surface area contributed by atoms with Crippen LogP contribution in [0.2, 0.25) is 0 Å². The summed E-state index contributed by atoms with van der Waals surface area (Å²) in [6.07, 6.45) is 2.05. The molecule has 0 radical (unpaired) electrons. The molecule has 128 valence electrons. The topological polar surface area (TPSA) is 92.8 Å². The standard InChI is InChI=1S/C14H20N2O5S2/c1-21-14(18)12(11-4-3-9-22-11)15-13(17)10-5-7-16(8-6-10)23(2,19)20/h3-4,9-10,12H,5-8H2,1-2H3,(H,15,17)/t12-/m1/s1. The van der Waals surface area contributed by atoms with E-state index in [-0.39, 0.29) is 11.8 Å². The highest BCUT2D eigenvalue weighted by molar-refractivity contribution is 7.88. The molecule has 9 heteroatoms. The zero-order chi connectivity index (χ0) is 17.0. The molecule has 0 aliphatic carbocycles. The molecule has 23 heavy (non-hydrogen) atoms. The van der Waals surface area contributed by atoms with E-state index in [1.54, 1.807) is 12.1 Å². The Hall–Kier alpha value is -1.45. The van der Waals surface area contributed by atoms with E-state index in [2.05, 4.69) is 5.32 Å². The summed E-state index contributed by atoms with van der Waals surface area (Å²) in [5.74, 6) is -1.07. The maximum absolute atomic E-state index is 12.4. The number of thiophene rings is 1. The smallest absolute Gasteiger partial charge is 0.333 e. The zero-order valence-electron chi connectivity index (χ0n) is 13.0. The molecule has 0 saturated carbocycles. The van der Waals surface area contributed by atoms with Gasteiger partial charge in [0.15, 0.2) is 6.04 Å². The van der Waals surface area contributed by atoms with Gasteiger partial charge in [0.2, 0.25) is 15.9 Å². The number of carbonyl (C=O) groups excluding carboxylic acids is 2. The highest BCUT2D eigenvalue weighted by Crippen LogP contribution is 2.23. The van der Waals surface area contributed by atoms with Crippen molar-refractivity contribution in [1.82, 2.24) is 9.62 Å². The van der Waals surface area contributed by atoms with Gasteiger partial charge in [0.05, 0.1) is 13.4 Å². The molecule has 1 atom stereocenters. The van der Waals surface area contributed by atoms with Gasteiger partial charge in [-0.3, -0.25) is 4.79 Å². The van der Waals surface area contributed by atoms with Crippen molar-refractivity contribution in [2.45, 2.75) is 18.9 Å². The molecular weight excluding hydrogens is 340 g/mol. The van der Waals surface area contributed by atoms with Crippen LogP contribution in [0.4, 0.5) is 0 Å². The molecule has 0 unspecified atom stereocenters. The van der Waals surface area contributed by atoms with Crippen LogP contribution < -0.4 is 5.32 Å². The van der Waals surface area contributed by atoms with Crippen LogP contribution in [-0.4, -0.2) is 51.1 Å². The van der Waals surface area contributed by atoms with Gasteiger partial charge in [-0.1, -0.05) is 6.07 Å². The molecule has 1 aromatic rings. The largest absolute Gasteiger partial charge is 0.467 e. The van der Waals surface area contributed by atoms with Crippen molar-refractivity contribution in [3.05, 3.63) is 22.4 Å². The first-order chi connectivity index (χ1) is 10.8. The van der Waals surface area contributed by atoms with Crippen molar-refractivity contribution in [2.24, 2.45) is 5.92 Å². The molecule has 1 aliphatic rings. The minimum absolute atomic E-state index is 0.248. The molecule has 2 rings (SSSR count). The van der Waals surface area contributed by atoms with Crippen molar-refractivity contribution in [3.8, 4) is 0 Å². The van der Waals surface area contributed by atoms with E-state index in [0.29, 0.717) is 30.8 Å². The van der Waals surface area contributed by atoms with Crippen LogP contribution in [0.1, 0.15) is 23.8 Å². The van der Waals surface area contributed by atoms with Gasteiger partial charge in [-0.15, -0.1) is 11.3 Å². The van der Waals surface area contributed by atoms with Crippen LogP contribution >= 0.6 is 11.3 Å². The second-order valence-corrected chi connectivity index (χ2v) is 8.38. The quantitative estimate of drug-likeness (QED) is 0.782. The SMILES string of the molecule is COC(=O)[C@H](NC(=O)C1CCN(S(C)(=O)=O)CC1)c1cccs1. The first kappa shape index (κ1) is 17.9. The summed E-state index contributed by atoms with van der Waals surface area (Å²) in [4.78, 5) is 25.0. The van der Waals surface area contributed by atoms with E-state index in [1.165, 1.54) is 22.8 Å². The third-order valence-corrected chi connectivity index (χ3v) is 6.09. The van der Waals surface area contributed by atoms with E-state index < -0.39 is 22.0 Å². The lowest BCUT2D eigenvalue weighted by Crippen LogP contribution is -2.44. The maximum Gasteiger partial charge on any atom is 0.333 e. The summed E-state index contributed by atoms with van der Waals surface area (Å²) in [6.45, 7) is 0.637. The average molecular weight is 360 g/mol. The number of carbonyl (C=O) groups is 2. The number of hydrogen-bond acceptors (Lipinski definition) is 6. The molecule has 7 nitrogen and oxygen atoms in total. The van der Waals surface area contributed by atoms with E-state index >= 15 is 0 Å². The van der Waals surface area contributed by atoms with Crippen LogP contribution in [0.15, 0.2) is 17.5 Å². The number of nitrogens with zero attached hydrogens (tertiary/aromatic N) is 1. The highest BCUT2D eigenvalue weighted by atomic mass is 32.2. The summed E-state index contributed by atoms with van der Waals surface area (Å²) in [7, 11) is -1.94. The minimum Gasteiger partial charge on any atom is -0.467 e. The van der Waals surface area contributed by atoms with Gasteiger partial charge in [-0.2, -0.15) is 0 Å². The second-order valence-electron chi connectivity index (χ2n) is 5.42. The number of sulfonamides is 1. The van der Waals surface area contributed by atoms with Gasteiger partial charge in [0.1, 0.15) is 0 Å². The van der Waals surface area contributed by atoms with Gasteiger partial charge in [0, 0.05) is 23.9 Å². The third-order valence-electron chi connectivity index (χ3n) is 3.84. The molecule has 1 aromatic heterocycles. The van der Waals surface area contributed by atoms with Crippen molar-refractivity contribution in [3.63, 3.8) is 0 Å². The maximum atomic E-state index is 12.4. The Bertz CT molecular complexity index is 649. The number of ether oxygens (including phenoxy) is 1. The first-order valence-corrected chi connectivity index (χ1v) is 9.92. The number of amides is 1. The lowest BCUT2D eigenvalue weighted by atomic mass is 9.97. The number of esters is 1. The number of hydrogen-bond donors (Lipinski definition) is 1. The van der Waals surface area contributed by atoms with Crippen molar-refractivity contribution in [2.75, 3.05) is 26.5 Å². The summed E-state index contributed by atoms with van der Waals surface area (Å²) in [5.41, 5.74) is 0. The average Bonchev–Trinajstić information content (AvgIpc) is 3.05. The fourth-order valence-corrected chi connectivity index (χ4v) is 4.17. The number of piperidine rings is 1. The summed E-state index contributed by atoms with van der Waals surface area (Å²) < 4.78 is 29.1. The van der Waals surface area contributed by atoms with Gasteiger partial charge in [-0.05, 0) is 24.3 Å². The molecule has 1 aliphatic heterocycles. The van der Waals surface area contributed by atoms with Crippen molar-refractivity contribution < 1.29 is 22.7 Å². The molecule has 2 heterocycles. The van der Waals surface area contributed by atoms with Crippen LogP contribution in [0.25, 0.3) is 0 Å². The Morgan fingerprint density at radius 1 is 1.39 bits per heavy atom. The molecule has 0 spiro atoms. The predicted molar refractivity (Wildman–Crippen MR) is 86.4 cm³/mol. The Kier molecular flexibility index (Phi) is 5.77. The van der Waals surface area contributed by atoms with Crippen molar-refractivity contribution in [1.29, 1.82) is 0 Å². The van der Waals surface area contributed by atoms with E-state index in [9.17, 15) is 18.0 Å². The molecular formula is C14H20N2O5S2. The Morgan fingerprint density at radius 3 is 2.52 bits per heavy atom. The lowest BCUT2D eigenvalue weighted by Gasteiger charge is -2.30. The third kappa shape index (κ3) is 4.52. The van der Waals surface area contributed by atoms with Gasteiger partial charge < -0.3 is 10.1 Å². The molecule has 1 N–H and O–H groups in total. The van der Waals surface area contributed by atoms with Gasteiger partial charge in [0.25, 0.3) is 0 Å². The molecule has 0 bridgehead atoms. The van der Waals surface area contributed by atoms with Gasteiger partial charge in [-0.25, -0.2) is 17.5 Å². The van der Waals surface area contributed by atoms with E-state index in [0.717, 1.165) is 6.26 Å². The number of rotatable bonds is 5. The normalized spacial score (nSPS) is 18.3. The Morgan fingerprint density at radius 2 is 2.04 bits per heavy atom. The van der Waals surface area contributed by atoms with Crippen molar-refractivity contribution >= 4 is 33.2 Å². The van der Waals surface area contributed by atoms with Gasteiger partial charge >= 0.3 is 5.97 Å². The van der Waals surface area contributed by atoms with Crippen LogP contribution in [0, 0.1) is 5.92 Å². The second kappa shape index (κ2) is 7.41. The lowest BCUT2D eigenvalue weighted by molar-refractivity contribution is -0.145. The summed E-state index contributed by atoms with van der Waals surface area (Å²) >= 11 is 1.36. The van der Waals surface area contributed by atoms with Crippen LogP contribution in [-0.2, 0) is 24.3 Å². The summed E-state index contributed by atoms with van der Waals surface area (Å²) in [5, 5.41) is 4.54. The summed E-state index contributed by atoms with van der Waals surface area (Å²) in [6, 6.07) is 2.74. The Labute approximate surface area is 139 Å². The fraction of sp³-hybridized carbons (Fsp3) is 0.571. The highest BCUT2D eigenvalue weighted by Gasteiger charge is 2.32. The number of nitrogens with one attached hydrogen (secondary N) is 1. The predicted octanol–water partition coefficient (Wildman–Crippen LogP) is 0.750. The monoisotopic (exact) mass is 360 g/mol. The first-order valence-electron chi connectivity index (χ1n) is 7.19. The molecule has 1 fully saturated rings. The van der Waals surface area contributed by atoms with E-state index in [4.69, 9.17) is 4.74 Å². The van der Waals surface area contributed by atoms with E-state index in [1.807, 2.05) is 5.38 Å². The zero-order valence-corrected chi connectivity index (χ0v) is 14.7.